The highest BCUT2D eigenvalue weighted by Crippen LogP contribution is 2.43. The van der Waals surface area contributed by atoms with Gasteiger partial charge in [0.05, 0.1) is 5.56 Å². The number of ether oxygens (including phenoxy) is 2. The van der Waals surface area contributed by atoms with Gasteiger partial charge in [-0.25, -0.2) is 0 Å². The Morgan fingerprint density at radius 2 is 1.97 bits per heavy atom. The van der Waals surface area contributed by atoms with Crippen molar-refractivity contribution in [1.82, 2.24) is 9.88 Å². The monoisotopic (exact) mass is 426 g/mol. The zero-order chi connectivity index (χ0) is 22.2. The normalized spacial score (nSPS) is 16.6. The molecule has 32 heavy (non-hydrogen) atoms. The standard InChI is InChI=1S/C27H26N2O3/c1-17(2)21-8-6-19(7-9-21)11-24-25(30)23-12-22-15-29(14-20-5-4-10-28-13-20)16-31-26(22)18(3)27(23)32-24/h4-13,17H,14-16H2,1-3H3/b24-11-. The Kier molecular flexibility index (Phi) is 5.27. The second-order valence-corrected chi connectivity index (χ2v) is 8.75. The highest BCUT2D eigenvalue weighted by molar-refractivity contribution is 6.15. The van der Waals surface area contributed by atoms with Gasteiger partial charge >= 0.3 is 0 Å². The lowest BCUT2D eigenvalue weighted by molar-refractivity contribution is 0.0876. The first-order valence-electron chi connectivity index (χ1n) is 10.9. The Morgan fingerprint density at radius 1 is 1.16 bits per heavy atom. The number of nitrogens with zero attached hydrogens (tertiary/aromatic N) is 2. The molecule has 0 unspecified atom stereocenters. The third-order valence-electron chi connectivity index (χ3n) is 6.03. The average Bonchev–Trinajstić information content (AvgIpc) is 3.10. The number of rotatable bonds is 4. The summed E-state index contributed by atoms with van der Waals surface area (Å²) in [7, 11) is 0. The predicted molar refractivity (Wildman–Crippen MR) is 124 cm³/mol. The van der Waals surface area contributed by atoms with Crippen LogP contribution in [-0.2, 0) is 13.1 Å². The summed E-state index contributed by atoms with van der Waals surface area (Å²) in [6.45, 7) is 8.23. The lowest BCUT2D eigenvalue weighted by Crippen LogP contribution is -2.32. The molecular weight excluding hydrogens is 400 g/mol. The average molecular weight is 427 g/mol. The number of aromatic nitrogens is 1. The topological polar surface area (TPSA) is 51.7 Å². The molecule has 1 aromatic heterocycles. The molecule has 0 aliphatic carbocycles. The molecule has 2 aliphatic rings. The second-order valence-electron chi connectivity index (χ2n) is 8.75. The fraction of sp³-hybridized carbons (Fsp3) is 0.259. The van der Waals surface area contributed by atoms with Gasteiger partial charge in [-0.15, -0.1) is 0 Å². The fourth-order valence-corrected chi connectivity index (χ4v) is 4.28. The zero-order valence-corrected chi connectivity index (χ0v) is 18.6. The minimum absolute atomic E-state index is 0.0804. The van der Waals surface area contributed by atoms with Gasteiger partial charge in [0.2, 0.25) is 5.78 Å². The number of carbonyl (C=O) groups excluding carboxylic acids is 1. The summed E-state index contributed by atoms with van der Waals surface area (Å²) in [6, 6.07) is 14.2. The van der Waals surface area contributed by atoms with Crippen LogP contribution in [0.4, 0.5) is 0 Å². The lowest BCUT2D eigenvalue weighted by Gasteiger charge is -2.30. The van der Waals surface area contributed by atoms with E-state index in [4.69, 9.17) is 9.47 Å². The van der Waals surface area contributed by atoms with Gasteiger partial charge in [-0.1, -0.05) is 44.2 Å². The van der Waals surface area contributed by atoms with Crippen molar-refractivity contribution in [2.45, 2.75) is 39.8 Å². The van der Waals surface area contributed by atoms with Gasteiger partial charge in [0, 0.05) is 36.6 Å². The molecule has 0 radical (unpaired) electrons. The molecule has 0 amide bonds. The smallest absolute Gasteiger partial charge is 0.231 e. The SMILES string of the molecule is Cc1c2c(cc3c1O/C(=C\c1ccc(C(C)C)cc1)C3=O)CN(Cc1cccnc1)CO2. The van der Waals surface area contributed by atoms with E-state index in [1.807, 2.05) is 43.5 Å². The van der Waals surface area contributed by atoms with Gasteiger partial charge in [0.1, 0.15) is 18.2 Å². The molecule has 0 fully saturated rings. The summed E-state index contributed by atoms with van der Waals surface area (Å²) in [6.07, 6.45) is 5.46. The van der Waals surface area contributed by atoms with Crippen molar-refractivity contribution in [2.75, 3.05) is 6.73 Å². The molecule has 0 spiro atoms. The van der Waals surface area contributed by atoms with Gasteiger partial charge in [-0.05, 0) is 47.7 Å². The van der Waals surface area contributed by atoms with Gasteiger partial charge in [-0.2, -0.15) is 0 Å². The van der Waals surface area contributed by atoms with Gasteiger partial charge < -0.3 is 9.47 Å². The number of hydrogen-bond donors (Lipinski definition) is 0. The summed E-state index contributed by atoms with van der Waals surface area (Å²) in [5, 5.41) is 0. The van der Waals surface area contributed by atoms with E-state index in [1.165, 1.54) is 5.56 Å². The van der Waals surface area contributed by atoms with Crippen LogP contribution in [0.1, 0.15) is 57.9 Å². The molecule has 0 saturated carbocycles. The van der Waals surface area contributed by atoms with Crippen molar-refractivity contribution in [1.29, 1.82) is 0 Å². The van der Waals surface area contributed by atoms with Crippen LogP contribution >= 0.6 is 0 Å². The van der Waals surface area contributed by atoms with Gasteiger partial charge in [-0.3, -0.25) is 14.7 Å². The van der Waals surface area contributed by atoms with E-state index in [-0.39, 0.29) is 5.78 Å². The summed E-state index contributed by atoms with van der Waals surface area (Å²) < 4.78 is 12.1. The van der Waals surface area contributed by atoms with Crippen LogP contribution in [0.5, 0.6) is 11.5 Å². The van der Waals surface area contributed by atoms with E-state index >= 15 is 0 Å². The zero-order valence-electron chi connectivity index (χ0n) is 18.6. The number of carbonyl (C=O) groups is 1. The lowest BCUT2D eigenvalue weighted by atomic mass is 9.99. The molecule has 0 bridgehead atoms. The Labute approximate surface area is 188 Å². The fourth-order valence-electron chi connectivity index (χ4n) is 4.28. The molecule has 5 rings (SSSR count). The molecule has 0 saturated heterocycles. The molecule has 3 heterocycles. The van der Waals surface area contributed by atoms with Crippen molar-refractivity contribution in [2.24, 2.45) is 0 Å². The molecule has 3 aromatic rings. The van der Waals surface area contributed by atoms with Crippen molar-refractivity contribution in [3.63, 3.8) is 0 Å². The Morgan fingerprint density at radius 3 is 2.69 bits per heavy atom. The third kappa shape index (κ3) is 3.80. The van der Waals surface area contributed by atoms with Crippen LogP contribution in [0.25, 0.3) is 6.08 Å². The number of allylic oxidation sites excluding steroid dienone is 1. The first-order chi connectivity index (χ1) is 15.5. The molecule has 0 N–H and O–H groups in total. The van der Waals surface area contributed by atoms with E-state index in [0.717, 1.165) is 34.5 Å². The maximum Gasteiger partial charge on any atom is 0.231 e. The molecular formula is C27H26N2O3. The van der Waals surface area contributed by atoms with Crippen LogP contribution in [0, 0.1) is 6.92 Å². The van der Waals surface area contributed by atoms with Crippen molar-refractivity contribution >= 4 is 11.9 Å². The maximum absolute atomic E-state index is 13.1. The number of ketones is 1. The largest absolute Gasteiger partial charge is 0.477 e. The molecule has 5 nitrogen and oxygen atoms in total. The number of pyridine rings is 1. The molecule has 0 atom stereocenters. The number of Topliss-reactive ketones (excluding diaryl/α,β-unsaturated/α-hetero) is 1. The first kappa shape index (κ1) is 20.5. The summed E-state index contributed by atoms with van der Waals surface area (Å²) in [5.41, 5.74) is 5.85. The third-order valence-corrected chi connectivity index (χ3v) is 6.03. The minimum atomic E-state index is -0.0804. The quantitative estimate of drug-likeness (QED) is 0.517. The Bertz CT molecular complexity index is 1200. The Hall–Kier alpha value is -3.44. The van der Waals surface area contributed by atoms with Crippen LogP contribution in [0.3, 0.4) is 0 Å². The first-order valence-corrected chi connectivity index (χ1v) is 10.9. The number of hydrogen-bond acceptors (Lipinski definition) is 5. The Balaban J connectivity index is 1.40. The van der Waals surface area contributed by atoms with Crippen LogP contribution in [0.2, 0.25) is 0 Å². The van der Waals surface area contributed by atoms with E-state index in [0.29, 0.717) is 36.3 Å². The predicted octanol–water partition coefficient (Wildman–Crippen LogP) is 5.48. The molecule has 2 aliphatic heterocycles. The van der Waals surface area contributed by atoms with Crippen LogP contribution in [0.15, 0.2) is 60.6 Å². The highest BCUT2D eigenvalue weighted by atomic mass is 16.5. The van der Waals surface area contributed by atoms with Crippen LogP contribution in [-0.4, -0.2) is 22.4 Å². The summed E-state index contributed by atoms with van der Waals surface area (Å²) in [5.74, 6) is 2.18. The van der Waals surface area contributed by atoms with Gasteiger partial charge in [0.15, 0.2) is 5.76 Å². The van der Waals surface area contributed by atoms with E-state index in [1.54, 1.807) is 6.20 Å². The number of fused-ring (bicyclic) bond motifs is 2. The van der Waals surface area contributed by atoms with Crippen molar-refractivity contribution < 1.29 is 14.3 Å². The van der Waals surface area contributed by atoms with Crippen molar-refractivity contribution in [3.05, 3.63) is 94.0 Å². The highest BCUT2D eigenvalue weighted by Gasteiger charge is 2.33. The summed E-state index contributed by atoms with van der Waals surface area (Å²) in [4.78, 5) is 19.5. The van der Waals surface area contributed by atoms with Crippen molar-refractivity contribution in [3.8, 4) is 11.5 Å². The van der Waals surface area contributed by atoms with E-state index < -0.39 is 0 Å². The molecule has 5 heteroatoms. The van der Waals surface area contributed by atoms with Gasteiger partial charge in [0.25, 0.3) is 0 Å². The minimum Gasteiger partial charge on any atom is -0.477 e. The number of benzene rings is 2. The summed E-state index contributed by atoms with van der Waals surface area (Å²) >= 11 is 0. The molecule has 162 valence electrons. The van der Waals surface area contributed by atoms with Crippen LogP contribution < -0.4 is 9.47 Å². The maximum atomic E-state index is 13.1. The molecule has 2 aromatic carbocycles. The van der Waals surface area contributed by atoms with E-state index in [2.05, 4.69) is 41.9 Å². The van der Waals surface area contributed by atoms with E-state index in [9.17, 15) is 4.79 Å². The second kappa shape index (κ2) is 8.24.